The Morgan fingerprint density at radius 2 is 1.48 bits per heavy atom. The SMILES string of the molecule is CS(=O)(=O)N(Cc1ccc(C(=O)NCCSCc2ccccc2)cc1)c1ccccc1. The molecule has 31 heavy (non-hydrogen) atoms. The number of sulfonamides is 1. The number of thioether (sulfide) groups is 1. The highest BCUT2D eigenvalue weighted by atomic mass is 32.2. The average molecular weight is 455 g/mol. The maximum absolute atomic E-state index is 12.4. The third kappa shape index (κ3) is 7.15. The molecule has 3 aromatic carbocycles. The summed E-state index contributed by atoms with van der Waals surface area (Å²) in [6.45, 7) is 0.800. The molecular weight excluding hydrogens is 428 g/mol. The summed E-state index contributed by atoms with van der Waals surface area (Å²) in [5.74, 6) is 1.62. The minimum atomic E-state index is -3.43. The summed E-state index contributed by atoms with van der Waals surface area (Å²) in [5, 5.41) is 2.93. The van der Waals surface area contributed by atoms with Gasteiger partial charge in [-0.05, 0) is 35.4 Å². The first-order valence-corrected chi connectivity index (χ1v) is 13.0. The molecule has 1 amide bonds. The molecule has 0 spiro atoms. The van der Waals surface area contributed by atoms with E-state index in [-0.39, 0.29) is 12.5 Å². The highest BCUT2D eigenvalue weighted by Gasteiger charge is 2.17. The van der Waals surface area contributed by atoms with Crippen LogP contribution in [0.15, 0.2) is 84.9 Å². The molecule has 3 rings (SSSR count). The van der Waals surface area contributed by atoms with E-state index in [2.05, 4.69) is 17.4 Å². The lowest BCUT2D eigenvalue weighted by Crippen LogP contribution is -2.29. The molecule has 7 heteroatoms. The Hall–Kier alpha value is -2.77. The molecule has 0 bridgehead atoms. The van der Waals surface area contributed by atoms with Crippen LogP contribution >= 0.6 is 11.8 Å². The molecule has 0 aliphatic heterocycles. The van der Waals surface area contributed by atoms with Gasteiger partial charge in [-0.1, -0.05) is 60.7 Å². The van der Waals surface area contributed by atoms with Gasteiger partial charge in [0.1, 0.15) is 0 Å². The second-order valence-corrected chi connectivity index (χ2v) is 10.1. The van der Waals surface area contributed by atoms with Crippen LogP contribution in [0.4, 0.5) is 5.69 Å². The third-order valence-electron chi connectivity index (χ3n) is 4.63. The number of hydrogen-bond acceptors (Lipinski definition) is 4. The van der Waals surface area contributed by atoms with E-state index < -0.39 is 10.0 Å². The molecule has 0 atom stereocenters. The first-order valence-electron chi connectivity index (χ1n) is 9.95. The molecule has 3 aromatic rings. The van der Waals surface area contributed by atoms with E-state index in [1.807, 2.05) is 24.3 Å². The Balaban J connectivity index is 1.51. The van der Waals surface area contributed by atoms with E-state index in [1.165, 1.54) is 16.1 Å². The summed E-state index contributed by atoms with van der Waals surface area (Å²) in [4.78, 5) is 12.4. The summed E-state index contributed by atoms with van der Waals surface area (Å²) >= 11 is 1.78. The third-order valence-corrected chi connectivity index (χ3v) is 6.80. The number of carbonyl (C=O) groups is 1. The number of hydrogen-bond donors (Lipinski definition) is 1. The maximum atomic E-state index is 12.4. The summed E-state index contributed by atoms with van der Waals surface area (Å²) in [5.41, 5.74) is 3.25. The van der Waals surface area contributed by atoms with Gasteiger partial charge in [0.05, 0.1) is 18.5 Å². The number of carbonyl (C=O) groups excluding carboxylic acids is 1. The topological polar surface area (TPSA) is 66.5 Å². The van der Waals surface area contributed by atoms with Gasteiger partial charge in [0.15, 0.2) is 0 Å². The van der Waals surface area contributed by atoms with Crippen molar-refractivity contribution in [1.29, 1.82) is 0 Å². The van der Waals surface area contributed by atoms with Gasteiger partial charge in [0, 0.05) is 23.6 Å². The van der Waals surface area contributed by atoms with Crippen LogP contribution in [0.3, 0.4) is 0 Å². The van der Waals surface area contributed by atoms with Crippen molar-refractivity contribution in [2.75, 3.05) is 22.9 Å². The molecule has 0 aliphatic rings. The molecule has 0 unspecified atom stereocenters. The van der Waals surface area contributed by atoms with E-state index in [9.17, 15) is 13.2 Å². The summed E-state index contributed by atoms with van der Waals surface area (Å²) in [7, 11) is -3.43. The smallest absolute Gasteiger partial charge is 0.251 e. The second kappa shape index (κ2) is 11.0. The molecule has 0 aromatic heterocycles. The van der Waals surface area contributed by atoms with Crippen LogP contribution in [0.5, 0.6) is 0 Å². The van der Waals surface area contributed by atoms with E-state index in [1.54, 1.807) is 60.3 Å². The van der Waals surface area contributed by atoms with Crippen molar-refractivity contribution in [3.05, 3.63) is 102 Å². The van der Waals surface area contributed by atoms with Crippen LogP contribution in [-0.2, 0) is 22.3 Å². The number of para-hydroxylation sites is 1. The largest absolute Gasteiger partial charge is 0.351 e. The van der Waals surface area contributed by atoms with Crippen LogP contribution in [-0.4, -0.2) is 32.9 Å². The first kappa shape index (κ1) is 22.9. The molecular formula is C24H26N2O3S2. The molecule has 0 aliphatic carbocycles. The maximum Gasteiger partial charge on any atom is 0.251 e. The quantitative estimate of drug-likeness (QED) is 0.464. The summed E-state index contributed by atoms with van der Waals surface area (Å²) in [6, 6.07) is 26.3. The van der Waals surface area contributed by atoms with E-state index in [0.717, 1.165) is 17.1 Å². The zero-order valence-corrected chi connectivity index (χ0v) is 19.0. The Kier molecular flexibility index (Phi) is 8.14. The minimum absolute atomic E-state index is 0.130. The van der Waals surface area contributed by atoms with Crippen molar-refractivity contribution < 1.29 is 13.2 Å². The van der Waals surface area contributed by atoms with Gasteiger partial charge in [-0.2, -0.15) is 11.8 Å². The number of benzene rings is 3. The van der Waals surface area contributed by atoms with Gasteiger partial charge >= 0.3 is 0 Å². The molecule has 162 valence electrons. The predicted molar refractivity (Wildman–Crippen MR) is 129 cm³/mol. The lowest BCUT2D eigenvalue weighted by atomic mass is 10.1. The number of rotatable bonds is 10. The van der Waals surface area contributed by atoms with Crippen molar-refractivity contribution in [2.45, 2.75) is 12.3 Å². The minimum Gasteiger partial charge on any atom is -0.351 e. The highest BCUT2D eigenvalue weighted by Crippen LogP contribution is 2.20. The van der Waals surface area contributed by atoms with Crippen molar-refractivity contribution in [1.82, 2.24) is 5.32 Å². The summed E-state index contributed by atoms with van der Waals surface area (Å²) in [6.07, 6.45) is 1.19. The van der Waals surface area contributed by atoms with Gasteiger partial charge in [-0.3, -0.25) is 9.10 Å². The van der Waals surface area contributed by atoms with Crippen molar-refractivity contribution in [3.8, 4) is 0 Å². The van der Waals surface area contributed by atoms with Crippen LogP contribution < -0.4 is 9.62 Å². The van der Waals surface area contributed by atoms with Crippen molar-refractivity contribution in [3.63, 3.8) is 0 Å². The summed E-state index contributed by atoms with van der Waals surface area (Å²) < 4.78 is 25.8. The first-order chi connectivity index (χ1) is 14.9. The monoisotopic (exact) mass is 454 g/mol. The lowest BCUT2D eigenvalue weighted by Gasteiger charge is -2.22. The normalized spacial score (nSPS) is 11.1. The average Bonchev–Trinajstić information content (AvgIpc) is 2.78. The van der Waals surface area contributed by atoms with E-state index >= 15 is 0 Å². The van der Waals surface area contributed by atoms with Crippen LogP contribution in [0.1, 0.15) is 21.5 Å². The fourth-order valence-electron chi connectivity index (χ4n) is 3.02. The molecule has 0 fully saturated rings. The van der Waals surface area contributed by atoms with Crippen LogP contribution in [0.2, 0.25) is 0 Å². The Morgan fingerprint density at radius 3 is 2.10 bits per heavy atom. The van der Waals surface area contributed by atoms with Gasteiger partial charge in [-0.25, -0.2) is 8.42 Å². The lowest BCUT2D eigenvalue weighted by molar-refractivity contribution is 0.0956. The highest BCUT2D eigenvalue weighted by molar-refractivity contribution is 7.98. The van der Waals surface area contributed by atoms with E-state index in [4.69, 9.17) is 0 Å². The zero-order chi connectivity index (χ0) is 22.1. The van der Waals surface area contributed by atoms with Crippen LogP contribution in [0, 0.1) is 0 Å². The van der Waals surface area contributed by atoms with Gasteiger partial charge < -0.3 is 5.32 Å². The fourth-order valence-corrected chi connectivity index (χ4v) is 4.73. The molecule has 1 N–H and O–H groups in total. The number of amides is 1. The number of anilines is 1. The van der Waals surface area contributed by atoms with Crippen molar-refractivity contribution in [2.24, 2.45) is 0 Å². The van der Waals surface area contributed by atoms with Gasteiger partial charge in [-0.15, -0.1) is 0 Å². The second-order valence-electron chi connectivity index (χ2n) is 7.10. The predicted octanol–water partition coefficient (Wildman–Crippen LogP) is 4.32. The Bertz CT molecular complexity index is 1070. The molecule has 0 radical (unpaired) electrons. The standard InChI is InChI=1S/C24H26N2O3S2/c1-31(28,29)26(23-10-6-3-7-11-23)18-20-12-14-22(15-13-20)24(27)25-16-17-30-19-21-8-4-2-5-9-21/h2-15H,16-19H2,1H3,(H,25,27). The number of nitrogens with zero attached hydrogens (tertiary/aromatic N) is 1. The van der Waals surface area contributed by atoms with Gasteiger partial charge in [0.25, 0.3) is 5.91 Å². The Morgan fingerprint density at radius 1 is 0.871 bits per heavy atom. The molecule has 0 saturated carbocycles. The van der Waals surface area contributed by atoms with Crippen molar-refractivity contribution >= 4 is 33.4 Å². The molecule has 0 saturated heterocycles. The zero-order valence-electron chi connectivity index (χ0n) is 17.4. The molecule has 5 nitrogen and oxygen atoms in total. The van der Waals surface area contributed by atoms with Gasteiger partial charge in [0.2, 0.25) is 10.0 Å². The van der Waals surface area contributed by atoms with Crippen LogP contribution in [0.25, 0.3) is 0 Å². The Labute approximate surface area is 188 Å². The molecule has 0 heterocycles. The fraction of sp³-hybridized carbons (Fsp3) is 0.208. The van der Waals surface area contributed by atoms with E-state index in [0.29, 0.717) is 17.8 Å². The number of nitrogens with one attached hydrogen (secondary N) is 1.